The summed E-state index contributed by atoms with van der Waals surface area (Å²) >= 11 is 0. The molecule has 17 heavy (non-hydrogen) atoms. The fourth-order valence-electron chi connectivity index (χ4n) is 1.43. The van der Waals surface area contributed by atoms with Crippen LogP contribution in [0.25, 0.3) is 0 Å². The maximum absolute atomic E-state index is 12.7. The maximum Gasteiger partial charge on any atom is 0.123 e. The number of nitrogens with two attached hydrogens (primary N) is 1. The number of ether oxygens (including phenoxy) is 1. The van der Waals surface area contributed by atoms with Crippen LogP contribution in [0, 0.1) is 5.82 Å². The van der Waals surface area contributed by atoms with Crippen LogP contribution in [0.3, 0.4) is 0 Å². The molecule has 1 heterocycles. The van der Waals surface area contributed by atoms with Crippen LogP contribution in [-0.4, -0.2) is 4.98 Å². The largest absolute Gasteiger partial charge is 0.384 e. The highest BCUT2D eigenvalue weighted by Gasteiger charge is 1.97. The highest BCUT2D eigenvalue weighted by molar-refractivity contribution is 5.28. The molecule has 88 valence electrons. The summed E-state index contributed by atoms with van der Waals surface area (Å²) < 4.78 is 18.1. The Kier molecular flexibility index (Phi) is 3.67. The Labute approximate surface area is 99.1 Å². The van der Waals surface area contributed by atoms with Crippen LogP contribution in [0.2, 0.25) is 0 Å². The van der Waals surface area contributed by atoms with Gasteiger partial charge in [0, 0.05) is 0 Å². The van der Waals surface area contributed by atoms with Gasteiger partial charge in [0.2, 0.25) is 0 Å². The van der Waals surface area contributed by atoms with Crippen LogP contribution >= 0.6 is 0 Å². The lowest BCUT2D eigenvalue weighted by Crippen LogP contribution is -1.99. The van der Waals surface area contributed by atoms with Gasteiger partial charge in [0.25, 0.3) is 0 Å². The van der Waals surface area contributed by atoms with Crippen molar-refractivity contribution in [2.45, 2.75) is 13.2 Å². The van der Waals surface area contributed by atoms with E-state index in [1.165, 1.54) is 12.1 Å². The first-order chi connectivity index (χ1) is 8.24. The number of nitrogens with zero attached hydrogens (tertiary/aromatic N) is 1. The zero-order valence-corrected chi connectivity index (χ0v) is 9.27. The Morgan fingerprint density at radius 1 is 1.06 bits per heavy atom. The smallest absolute Gasteiger partial charge is 0.123 e. The van der Waals surface area contributed by atoms with Crippen LogP contribution < -0.4 is 5.73 Å². The molecule has 0 spiro atoms. The number of halogens is 1. The number of hydrogen-bond acceptors (Lipinski definition) is 3. The molecule has 3 nitrogen and oxygen atoms in total. The molecule has 0 saturated heterocycles. The second kappa shape index (κ2) is 5.41. The standard InChI is InChI=1S/C13H13FN2O/c14-11-6-4-10(5-7-11)8-17-9-12-2-1-3-13(15)16-12/h1-7H,8-9H2,(H2,15,16). The Morgan fingerprint density at radius 3 is 2.53 bits per heavy atom. The number of hydrogen-bond donors (Lipinski definition) is 1. The summed E-state index contributed by atoms with van der Waals surface area (Å²) in [7, 11) is 0. The third kappa shape index (κ3) is 3.53. The SMILES string of the molecule is Nc1cccc(COCc2ccc(F)cc2)n1. The Balaban J connectivity index is 1.85. The van der Waals surface area contributed by atoms with Gasteiger partial charge >= 0.3 is 0 Å². The molecule has 0 aliphatic carbocycles. The van der Waals surface area contributed by atoms with Crippen LogP contribution in [0.4, 0.5) is 10.2 Å². The second-order valence-corrected chi connectivity index (χ2v) is 3.67. The van der Waals surface area contributed by atoms with Gasteiger partial charge in [-0.25, -0.2) is 9.37 Å². The van der Waals surface area contributed by atoms with Gasteiger partial charge < -0.3 is 10.5 Å². The van der Waals surface area contributed by atoms with Gasteiger partial charge in [-0.15, -0.1) is 0 Å². The number of benzene rings is 1. The molecule has 2 aromatic rings. The molecule has 2 N–H and O–H groups in total. The number of anilines is 1. The topological polar surface area (TPSA) is 48.1 Å². The summed E-state index contributed by atoms with van der Waals surface area (Å²) in [4.78, 5) is 4.11. The summed E-state index contributed by atoms with van der Waals surface area (Å²) in [5.74, 6) is 0.235. The highest BCUT2D eigenvalue weighted by Crippen LogP contribution is 2.07. The van der Waals surface area contributed by atoms with Gasteiger partial charge in [0.1, 0.15) is 11.6 Å². The maximum atomic E-state index is 12.7. The average Bonchev–Trinajstić information content (AvgIpc) is 2.32. The van der Waals surface area contributed by atoms with Gasteiger partial charge in [-0.05, 0) is 29.8 Å². The van der Waals surface area contributed by atoms with Crippen molar-refractivity contribution in [2.24, 2.45) is 0 Å². The van der Waals surface area contributed by atoms with Crippen LogP contribution in [-0.2, 0) is 18.0 Å². The predicted octanol–water partition coefficient (Wildman–Crippen LogP) is 2.52. The van der Waals surface area contributed by atoms with E-state index in [1.54, 1.807) is 18.2 Å². The van der Waals surface area contributed by atoms with Gasteiger partial charge in [0.15, 0.2) is 0 Å². The third-order valence-electron chi connectivity index (χ3n) is 2.26. The molecule has 1 aromatic carbocycles. The van der Waals surface area contributed by atoms with Crippen LogP contribution in [0.1, 0.15) is 11.3 Å². The molecule has 0 fully saturated rings. The second-order valence-electron chi connectivity index (χ2n) is 3.67. The van der Waals surface area contributed by atoms with Gasteiger partial charge in [-0.3, -0.25) is 0 Å². The Morgan fingerprint density at radius 2 is 1.82 bits per heavy atom. The predicted molar refractivity (Wildman–Crippen MR) is 63.5 cm³/mol. The van der Waals surface area contributed by atoms with E-state index in [4.69, 9.17) is 10.5 Å². The monoisotopic (exact) mass is 232 g/mol. The molecule has 4 heteroatoms. The fraction of sp³-hybridized carbons (Fsp3) is 0.154. The summed E-state index contributed by atoms with van der Waals surface area (Å²) in [5.41, 5.74) is 7.26. The first-order valence-corrected chi connectivity index (χ1v) is 5.27. The number of rotatable bonds is 4. The zero-order valence-electron chi connectivity index (χ0n) is 9.27. The van der Waals surface area contributed by atoms with Crippen molar-refractivity contribution in [2.75, 3.05) is 5.73 Å². The first kappa shape index (κ1) is 11.5. The normalized spacial score (nSPS) is 10.4. The van der Waals surface area contributed by atoms with Crippen molar-refractivity contribution in [3.8, 4) is 0 Å². The quantitative estimate of drug-likeness (QED) is 0.881. The lowest BCUT2D eigenvalue weighted by Gasteiger charge is -2.04. The van der Waals surface area contributed by atoms with E-state index in [-0.39, 0.29) is 5.82 Å². The van der Waals surface area contributed by atoms with E-state index in [0.717, 1.165) is 11.3 Å². The summed E-state index contributed by atoms with van der Waals surface area (Å²) in [6, 6.07) is 11.6. The van der Waals surface area contributed by atoms with Crippen molar-refractivity contribution < 1.29 is 9.13 Å². The van der Waals surface area contributed by atoms with E-state index >= 15 is 0 Å². The summed E-state index contributed by atoms with van der Waals surface area (Å²) in [5, 5.41) is 0. The molecular weight excluding hydrogens is 219 g/mol. The van der Waals surface area contributed by atoms with E-state index in [9.17, 15) is 4.39 Å². The summed E-state index contributed by atoms with van der Waals surface area (Å²) in [6.45, 7) is 0.819. The minimum Gasteiger partial charge on any atom is -0.384 e. The summed E-state index contributed by atoms with van der Waals surface area (Å²) in [6.07, 6.45) is 0. The van der Waals surface area contributed by atoms with Crippen molar-refractivity contribution >= 4 is 5.82 Å². The van der Waals surface area contributed by atoms with Crippen molar-refractivity contribution in [1.82, 2.24) is 4.98 Å². The Bertz CT molecular complexity index is 485. The number of aromatic nitrogens is 1. The molecule has 0 amide bonds. The molecule has 0 unspecified atom stereocenters. The molecule has 0 saturated carbocycles. The van der Waals surface area contributed by atoms with Gasteiger partial charge in [-0.2, -0.15) is 0 Å². The third-order valence-corrected chi connectivity index (χ3v) is 2.26. The van der Waals surface area contributed by atoms with E-state index in [1.807, 2.05) is 12.1 Å². The average molecular weight is 232 g/mol. The van der Waals surface area contributed by atoms with Gasteiger partial charge in [-0.1, -0.05) is 18.2 Å². The number of nitrogen functional groups attached to an aromatic ring is 1. The molecule has 1 aromatic heterocycles. The first-order valence-electron chi connectivity index (χ1n) is 5.27. The highest BCUT2D eigenvalue weighted by atomic mass is 19.1. The molecule has 0 bridgehead atoms. The van der Waals surface area contributed by atoms with Crippen LogP contribution in [0.5, 0.6) is 0 Å². The minimum absolute atomic E-state index is 0.244. The lowest BCUT2D eigenvalue weighted by molar-refractivity contribution is 0.104. The minimum atomic E-state index is -0.244. The molecule has 0 aliphatic rings. The molecular formula is C13H13FN2O. The van der Waals surface area contributed by atoms with Crippen LogP contribution in [0.15, 0.2) is 42.5 Å². The van der Waals surface area contributed by atoms with E-state index in [2.05, 4.69) is 4.98 Å². The Hall–Kier alpha value is -1.94. The van der Waals surface area contributed by atoms with E-state index in [0.29, 0.717) is 19.0 Å². The molecule has 2 rings (SSSR count). The van der Waals surface area contributed by atoms with Gasteiger partial charge in [0.05, 0.1) is 18.9 Å². The van der Waals surface area contributed by atoms with Crippen molar-refractivity contribution in [1.29, 1.82) is 0 Å². The van der Waals surface area contributed by atoms with E-state index < -0.39 is 0 Å². The van der Waals surface area contributed by atoms with Crippen molar-refractivity contribution in [3.63, 3.8) is 0 Å². The molecule has 0 radical (unpaired) electrons. The zero-order chi connectivity index (χ0) is 12.1. The lowest BCUT2D eigenvalue weighted by atomic mass is 10.2. The van der Waals surface area contributed by atoms with Crippen molar-refractivity contribution in [3.05, 3.63) is 59.5 Å². The number of pyridine rings is 1. The molecule has 0 aliphatic heterocycles. The fourth-order valence-corrected chi connectivity index (χ4v) is 1.43. The molecule has 0 atom stereocenters.